The summed E-state index contributed by atoms with van der Waals surface area (Å²) in [7, 11) is 0. The lowest BCUT2D eigenvalue weighted by Crippen LogP contribution is -2.41. The Balaban J connectivity index is 0.00000312. The molecule has 1 fully saturated rings. The number of nitrogens with one attached hydrogen (secondary N) is 2. The molecule has 1 aliphatic rings. The van der Waals surface area contributed by atoms with E-state index in [-0.39, 0.29) is 28.7 Å². The van der Waals surface area contributed by atoms with Crippen LogP contribution in [-0.4, -0.2) is 54.3 Å². The first-order valence-electron chi connectivity index (χ1n) is 8.82. The van der Waals surface area contributed by atoms with Crippen LogP contribution in [0, 0.1) is 6.92 Å². The van der Waals surface area contributed by atoms with E-state index in [0.717, 1.165) is 74.5 Å². The minimum Gasteiger partial charge on any atom is -0.381 e. The Hall–Kier alpha value is -0.0600. The molecular weight excluding hydrogens is 467 g/mol. The average Bonchev–Trinajstić information content (AvgIpc) is 2.99. The molecule has 8 heteroatoms. The second-order valence-corrected chi connectivity index (χ2v) is 8.75. The summed E-state index contributed by atoms with van der Waals surface area (Å²) in [4.78, 5) is 9.37. The Kier molecular flexibility index (Phi) is 11.4. The molecular formula is C17H31IN4OS2. The molecule has 1 aromatic rings. The minimum atomic E-state index is 0. The molecule has 25 heavy (non-hydrogen) atoms. The SMILES string of the molecule is CCNC(=NCC1(SCC)CCOCC1)NCCc1csc(C)n1.I. The van der Waals surface area contributed by atoms with Crippen molar-refractivity contribution in [3.63, 3.8) is 0 Å². The lowest BCUT2D eigenvalue weighted by molar-refractivity contribution is 0.0793. The van der Waals surface area contributed by atoms with Crippen LogP contribution in [0.15, 0.2) is 10.4 Å². The second kappa shape index (κ2) is 12.3. The summed E-state index contributed by atoms with van der Waals surface area (Å²) < 4.78 is 5.78. The highest BCUT2D eigenvalue weighted by molar-refractivity contribution is 14.0. The van der Waals surface area contributed by atoms with Crippen molar-refractivity contribution in [3.05, 3.63) is 16.1 Å². The predicted molar refractivity (Wildman–Crippen MR) is 121 cm³/mol. The Bertz CT molecular complexity index is 513. The van der Waals surface area contributed by atoms with Crippen LogP contribution in [0.5, 0.6) is 0 Å². The number of thioether (sulfide) groups is 1. The summed E-state index contributed by atoms with van der Waals surface area (Å²) in [5.74, 6) is 2.04. The zero-order valence-electron chi connectivity index (χ0n) is 15.5. The zero-order chi connectivity index (χ0) is 17.3. The molecule has 5 nitrogen and oxygen atoms in total. The van der Waals surface area contributed by atoms with Gasteiger partial charge in [0.2, 0.25) is 0 Å². The van der Waals surface area contributed by atoms with Gasteiger partial charge in [0.05, 0.1) is 17.2 Å². The van der Waals surface area contributed by atoms with Crippen LogP contribution in [0.2, 0.25) is 0 Å². The van der Waals surface area contributed by atoms with Gasteiger partial charge in [-0.05, 0) is 32.4 Å². The summed E-state index contributed by atoms with van der Waals surface area (Å²) in [5.41, 5.74) is 1.16. The molecule has 1 aromatic heterocycles. The highest BCUT2D eigenvalue weighted by Crippen LogP contribution is 2.35. The van der Waals surface area contributed by atoms with Gasteiger partial charge < -0.3 is 15.4 Å². The highest BCUT2D eigenvalue weighted by atomic mass is 127. The van der Waals surface area contributed by atoms with Crippen molar-refractivity contribution in [2.45, 2.75) is 44.8 Å². The zero-order valence-corrected chi connectivity index (χ0v) is 19.4. The van der Waals surface area contributed by atoms with Gasteiger partial charge in [-0.3, -0.25) is 4.99 Å². The topological polar surface area (TPSA) is 58.5 Å². The quantitative estimate of drug-likeness (QED) is 0.327. The summed E-state index contributed by atoms with van der Waals surface area (Å²) in [6.45, 7) is 10.7. The number of rotatable bonds is 8. The fourth-order valence-electron chi connectivity index (χ4n) is 2.79. The van der Waals surface area contributed by atoms with Gasteiger partial charge in [0.25, 0.3) is 0 Å². The van der Waals surface area contributed by atoms with Gasteiger partial charge in [-0.2, -0.15) is 11.8 Å². The highest BCUT2D eigenvalue weighted by Gasteiger charge is 2.32. The Morgan fingerprint density at radius 1 is 1.36 bits per heavy atom. The molecule has 2 rings (SSSR count). The predicted octanol–water partition coefficient (Wildman–Crippen LogP) is 3.47. The molecule has 0 aliphatic carbocycles. The lowest BCUT2D eigenvalue weighted by Gasteiger charge is -2.35. The van der Waals surface area contributed by atoms with Crippen LogP contribution in [0.4, 0.5) is 0 Å². The maximum Gasteiger partial charge on any atom is 0.191 e. The van der Waals surface area contributed by atoms with Gasteiger partial charge >= 0.3 is 0 Å². The standard InChI is InChI=1S/C17H30N4OS2.HI/c1-4-18-16(19-9-6-15-12-23-14(3)21-15)20-13-17(24-5-2)7-10-22-11-8-17;/h12H,4-11,13H2,1-3H3,(H2,18,19,20);1H. The smallest absolute Gasteiger partial charge is 0.191 e. The average molecular weight is 499 g/mol. The van der Waals surface area contributed by atoms with E-state index < -0.39 is 0 Å². The van der Waals surface area contributed by atoms with Crippen LogP contribution < -0.4 is 10.6 Å². The number of halogens is 1. The number of nitrogens with zero attached hydrogens (tertiary/aromatic N) is 2. The van der Waals surface area contributed by atoms with E-state index in [4.69, 9.17) is 9.73 Å². The second-order valence-electron chi connectivity index (χ2n) is 5.96. The fraction of sp³-hybridized carbons (Fsp3) is 0.765. The van der Waals surface area contributed by atoms with E-state index in [1.807, 2.05) is 18.7 Å². The van der Waals surface area contributed by atoms with Gasteiger partial charge in [0, 0.05) is 42.9 Å². The number of aliphatic imine (C=N–C) groups is 1. The molecule has 1 saturated heterocycles. The van der Waals surface area contributed by atoms with Gasteiger partial charge in [0.15, 0.2) is 5.96 Å². The van der Waals surface area contributed by atoms with Crippen molar-refractivity contribution in [3.8, 4) is 0 Å². The summed E-state index contributed by atoms with van der Waals surface area (Å²) >= 11 is 3.74. The molecule has 0 aromatic carbocycles. The molecule has 0 radical (unpaired) electrons. The van der Waals surface area contributed by atoms with E-state index >= 15 is 0 Å². The third-order valence-corrected chi connectivity index (χ3v) is 6.32. The Labute approximate surface area is 177 Å². The summed E-state index contributed by atoms with van der Waals surface area (Å²) in [5, 5.41) is 10.1. The van der Waals surface area contributed by atoms with Crippen LogP contribution in [-0.2, 0) is 11.2 Å². The molecule has 1 aliphatic heterocycles. The largest absolute Gasteiger partial charge is 0.381 e. The third-order valence-electron chi connectivity index (χ3n) is 4.06. The lowest BCUT2D eigenvalue weighted by atomic mass is 9.99. The van der Waals surface area contributed by atoms with Crippen LogP contribution in [0.25, 0.3) is 0 Å². The van der Waals surface area contributed by atoms with E-state index in [0.29, 0.717) is 0 Å². The molecule has 0 unspecified atom stereocenters. The maximum absolute atomic E-state index is 5.54. The number of ether oxygens (including phenoxy) is 1. The molecule has 0 atom stereocenters. The van der Waals surface area contributed by atoms with Crippen LogP contribution in [0.1, 0.15) is 37.4 Å². The van der Waals surface area contributed by atoms with E-state index in [2.05, 4.69) is 34.8 Å². The number of aryl methyl sites for hydroxylation is 1. The molecule has 0 bridgehead atoms. The monoisotopic (exact) mass is 498 g/mol. The molecule has 0 spiro atoms. The number of hydrogen-bond acceptors (Lipinski definition) is 5. The van der Waals surface area contributed by atoms with Crippen molar-refractivity contribution >= 4 is 53.0 Å². The van der Waals surface area contributed by atoms with Crippen LogP contribution in [0.3, 0.4) is 0 Å². The van der Waals surface area contributed by atoms with Gasteiger partial charge in [-0.15, -0.1) is 35.3 Å². The van der Waals surface area contributed by atoms with Crippen molar-refractivity contribution in [1.29, 1.82) is 0 Å². The number of guanidine groups is 1. The van der Waals surface area contributed by atoms with Gasteiger partial charge in [-0.1, -0.05) is 6.92 Å². The van der Waals surface area contributed by atoms with Crippen molar-refractivity contribution in [1.82, 2.24) is 15.6 Å². The number of hydrogen-bond donors (Lipinski definition) is 2. The van der Waals surface area contributed by atoms with E-state index in [9.17, 15) is 0 Å². The van der Waals surface area contributed by atoms with Gasteiger partial charge in [-0.25, -0.2) is 4.98 Å². The van der Waals surface area contributed by atoms with E-state index in [1.54, 1.807) is 11.3 Å². The number of thiazole rings is 1. The molecule has 144 valence electrons. The maximum atomic E-state index is 5.54. The van der Waals surface area contributed by atoms with E-state index in [1.165, 1.54) is 0 Å². The molecule has 0 amide bonds. The van der Waals surface area contributed by atoms with Crippen LogP contribution >= 0.6 is 47.1 Å². The van der Waals surface area contributed by atoms with Crippen molar-refractivity contribution < 1.29 is 4.74 Å². The number of aromatic nitrogens is 1. The molecule has 0 saturated carbocycles. The third kappa shape index (κ3) is 8.01. The minimum absolute atomic E-state index is 0. The first kappa shape index (κ1) is 23.0. The first-order valence-corrected chi connectivity index (χ1v) is 10.7. The Morgan fingerprint density at radius 2 is 2.12 bits per heavy atom. The van der Waals surface area contributed by atoms with Gasteiger partial charge in [0.1, 0.15) is 0 Å². The molecule has 2 N–H and O–H groups in total. The normalized spacial score (nSPS) is 17.0. The summed E-state index contributed by atoms with van der Waals surface area (Å²) in [6, 6.07) is 0. The fourth-order valence-corrected chi connectivity index (χ4v) is 4.67. The first-order chi connectivity index (χ1) is 11.7. The molecule has 2 heterocycles. The summed E-state index contributed by atoms with van der Waals surface area (Å²) in [6.07, 6.45) is 3.11. The van der Waals surface area contributed by atoms with Crippen molar-refractivity contribution in [2.24, 2.45) is 4.99 Å². The van der Waals surface area contributed by atoms with Crippen molar-refractivity contribution in [2.75, 3.05) is 38.6 Å². The Morgan fingerprint density at radius 3 is 2.72 bits per heavy atom.